The second kappa shape index (κ2) is 2.52. The van der Waals surface area contributed by atoms with E-state index in [-0.39, 0.29) is 18.6 Å². The third-order valence-electron chi connectivity index (χ3n) is 2.79. The number of hydrogen-bond donors (Lipinski definition) is 2. The molecule has 0 aromatic rings. The molecule has 12 heavy (non-hydrogen) atoms. The maximum Gasteiger partial charge on any atom is 0.138 e. The summed E-state index contributed by atoms with van der Waals surface area (Å²) >= 11 is 0. The Morgan fingerprint density at radius 1 is 1.50 bits per heavy atom. The first-order valence-electron chi connectivity index (χ1n) is 4.16. The van der Waals surface area contributed by atoms with Gasteiger partial charge in [-0.25, -0.2) is 0 Å². The summed E-state index contributed by atoms with van der Waals surface area (Å²) in [4.78, 5) is 11.0. The van der Waals surface area contributed by atoms with E-state index in [1.54, 1.807) is 0 Å². The molecule has 1 aliphatic heterocycles. The normalized spacial score (nSPS) is 47.7. The Labute approximate surface area is 70.1 Å². The Morgan fingerprint density at radius 3 is 3.00 bits per heavy atom. The molecule has 1 heterocycles. The highest BCUT2D eigenvalue weighted by atomic mass is 16.5. The molecule has 0 radical (unpaired) electrons. The molecule has 1 saturated carbocycles. The molecular weight excluding hydrogens is 160 g/mol. The lowest BCUT2D eigenvalue weighted by Crippen LogP contribution is -2.54. The average molecular weight is 172 g/mol. The zero-order valence-corrected chi connectivity index (χ0v) is 6.69. The van der Waals surface area contributed by atoms with Crippen LogP contribution in [0.2, 0.25) is 0 Å². The third-order valence-corrected chi connectivity index (χ3v) is 2.79. The second-order valence-corrected chi connectivity index (χ2v) is 3.56. The highest BCUT2D eigenvalue weighted by molar-refractivity contribution is 5.81. The van der Waals surface area contributed by atoms with E-state index in [2.05, 4.69) is 0 Å². The predicted octanol–water partition coefficient (Wildman–Crippen LogP) is -0.770. The lowest BCUT2D eigenvalue weighted by Gasteiger charge is -2.36. The number of aliphatic hydroxyl groups excluding tert-OH is 1. The number of ether oxygens (including phenoxy) is 1. The van der Waals surface area contributed by atoms with E-state index in [1.807, 2.05) is 0 Å². The first kappa shape index (κ1) is 8.16. The maximum absolute atomic E-state index is 11.0. The van der Waals surface area contributed by atoms with E-state index in [9.17, 15) is 15.0 Å². The van der Waals surface area contributed by atoms with Crippen LogP contribution in [-0.2, 0) is 9.53 Å². The molecule has 3 atom stereocenters. The topological polar surface area (TPSA) is 66.8 Å². The highest BCUT2D eigenvalue weighted by Crippen LogP contribution is 2.36. The molecule has 0 unspecified atom stereocenters. The lowest BCUT2D eigenvalue weighted by molar-refractivity contribution is -0.156. The van der Waals surface area contributed by atoms with Crippen LogP contribution in [0.4, 0.5) is 0 Å². The molecule has 2 fully saturated rings. The Bertz CT molecular complexity index is 215. The third kappa shape index (κ3) is 0.990. The quantitative estimate of drug-likeness (QED) is 0.503. The largest absolute Gasteiger partial charge is 0.390 e. The highest BCUT2D eigenvalue weighted by Gasteiger charge is 2.52. The summed E-state index contributed by atoms with van der Waals surface area (Å²) in [5.74, 6) is -0.0286. The fourth-order valence-electron chi connectivity index (χ4n) is 1.97. The van der Waals surface area contributed by atoms with Crippen molar-refractivity contribution < 1.29 is 19.7 Å². The minimum Gasteiger partial charge on any atom is -0.390 e. The number of carbonyl (C=O) groups excluding carboxylic acids is 1. The summed E-state index contributed by atoms with van der Waals surface area (Å²) < 4.78 is 5.17. The molecule has 1 aliphatic carbocycles. The molecule has 2 N–H and O–H groups in total. The van der Waals surface area contributed by atoms with Gasteiger partial charge in [0, 0.05) is 19.3 Å². The second-order valence-electron chi connectivity index (χ2n) is 3.56. The van der Waals surface area contributed by atoms with Gasteiger partial charge in [0.05, 0.1) is 18.8 Å². The van der Waals surface area contributed by atoms with Gasteiger partial charge in [0.2, 0.25) is 0 Å². The van der Waals surface area contributed by atoms with Gasteiger partial charge < -0.3 is 14.9 Å². The predicted molar refractivity (Wildman–Crippen MR) is 39.6 cm³/mol. The first-order chi connectivity index (χ1) is 5.63. The van der Waals surface area contributed by atoms with Gasteiger partial charge >= 0.3 is 0 Å². The van der Waals surface area contributed by atoms with Crippen LogP contribution in [0.25, 0.3) is 0 Å². The van der Waals surface area contributed by atoms with E-state index < -0.39 is 17.8 Å². The molecule has 0 bridgehead atoms. The van der Waals surface area contributed by atoms with Crippen LogP contribution >= 0.6 is 0 Å². The minimum absolute atomic E-state index is 0.0286. The number of rotatable bonds is 0. The standard InChI is InChI=1S/C8H12O4/c9-5-3-6(10)8(11)1-2-12-7(8)4-5/h6-7,10-11H,1-4H2/t6-,7-,8-/m1/s1. The molecule has 0 aromatic carbocycles. The molecular formula is C8H12O4. The van der Waals surface area contributed by atoms with Crippen molar-refractivity contribution in [2.45, 2.75) is 37.1 Å². The number of Topliss-reactive ketones (excluding diaryl/α,β-unsaturated/α-hetero) is 1. The average Bonchev–Trinajstić information content (AvgIpc) is 2.33. The molecule has 1 saturated heterocycles. The van der Waals surface area contributed by atoms with Gasteiger partial charge in [0.25, 0.3) is 0 Å². The molecule has 2 aliphatic rings. The zero-order chi connectivity index (χ0) is 8.77. The van der Waals surface area contributed by atoms with Crippen molar-refractivity contribution in [2.24, 2.45) is 0 Å². The van der Waals surface area contributed by atoms with Crippen LogP contribution < -0.4 is 0 Å². The molecule has 0 aromatic heterocycles. The van der Waals surface area contributed by atoms with Crippen LogP contribution in [0.5, 0.6) is 0 Å². The molecule has 0 spiro atoms. The minimum atomic E-state index is -1.16. The van der Waals surface area contributed by atoms with Crippen molar-refractivity contribution >= 4 is 5.78 Å². The van der Waals surface area contributed by atoms with Crippen molar-refractivity contribution in [2.75, 3.05) is 6.61 Å². The first-order valence-corrected chi connectivity index (χ1v) is 4.16. The van der Waals surface area contributed by atoms with Gasteiger partial charge in [-0.05, 0) is 0 Å². The van der Waals surface area contributed by atoms with Crippen molar-refractivity contribution in [1.29, 1.82) is 0 Å². The molecule has 4 heteroatoms. The lowest BCUT2D eigenvalue weighted by atomic mass is 9.79. The van der Waals surface area contributed by atoms with Crippen LogP contribution in [0.1, 0.15) is 19.3 Å². The molecule has 0 amide bonds. The van der Waals surface area contributed by atoms with E-state index in [0.29, 0.717) is 13.0 Å². The van der Waals surface area contributed by atoms with Crippen LogP contribution in [0.3, 0.4) is 0 Å². The zero-order valence-electron chi connectivity index (χ0n) is 6.69. The van der Waals surface area contributed by atoms with Crippen LogP contribution in [0.15, 0.2) is 0 Å². The van der Waals surface area contributed by atoms with Gasteiger partial charge in [0.1, 0.15) is 11.4 Å². The van der Waals surface area contributed by atoms with Crippen LogP contribution in [-0.4, -0.2) is 40.4 Å². The van der Waals surface area contributed by atoms with Gasteiger partial charge in [-0.2, -0.15) is 0 Å². The van der Waals surface area contributed by atoms with Crippen LogP contribution in [0, 0.1) is 0 Å². The van der Waals surface area contributed by atoms with E-state index in [1.165, 1.54) is 0 Å². The van der Waals surface area contributed by atoms with Gasteiger partial charge in [-0.3, -0.25) is 4.79 Å². The summed E-state index contributed by atoms with van der Waals surface area (Å²) in [5, 5.41) is 19.3. The number of fused-ring (bicyclic) bond motifs is 1. The number of ketones is 1. The number of aliphatic hydroxyl groups is 2. The van der Waals surface area contributed by atoms with Gasteiger partial charge in [-0.1, -0.05) is 0 Å². The van der Waals surface area contributed by atoms with Gasteiger partial charge in [0.15, 0.2) is 0 Å². The SMILES string of the molecule is O=C1C[C@@H](O)[C@]2(O)CCO[C@@H]2C1. The van der Waals surface area contributed by atoms with Crippen molar-refractivity contribution in [3.8, 4) is 0 Å². The van der Waals surface area contributed by atoms with E-state index in [4.69, 9.17) is 4.74 Å². The number of carbonyl (C=O) groups is 1. The fourth-order valence-corrected chi connectivity index (χ4v) is 1.97. The Morgan fingerprint density at radius 2 is 2.25 bits per heavy atom. The van der Waals surface area contributed by atoms with E-state index >= 15 is 0 Å². The monoisotopic (exact) mass is 172 g/mol. The Balaban J connectivity index is 2.22. The summed E-state index contributed by atoms with van der Waals surface area (Å²) in [6.45, 7) is 0.436. The van der Waals surface area contributed by atoms with Crippen molar-refractivity contribution in [1.82, 2.24) is 0 Å². The fraction of sp³-hybridized carbons (Fsp3) is 0.875. The van der Waals surface area contributed by atoms with Crippen molar-refractivity contribution in [3.63, 3.8) is 0 Å². The molecule has 68 valence electrons. The summed E-state index contributed by atoms with van der Waals surface area (Å²) in [7, 11) is 0. The molecule has 2 rings (SSSR count). The Kier molecular flexibility index (Phi) is 1.71. The molecule has 4 nitrogen and oxygen atoms in total. The maximum atomic E-state index is 11.0. The summed E-state index contributed by atoms with van der Waals surface area (Å²) in [6, 6.07) is 0. The Hall–Kier alpha value is -0.450. The number of hydrogen-bond acceptors (Lipinski definition) is 4. The summed E-state index contributed by atoms with van der Waals surface area (Å²) in [6.07, 6.45) is -0.671. The summed E-state index contributed by atoms with van der Waals surface area (Å²) in [5.41, 5.74) is -1.16. The van der Waals surface area contributed by atoms with Gasteiger partial charge in [-0.15, -0.1) is 0 Å². The smallest absolute Gasteiger partial charge is 0.138 e. The van der Waals surface area contributed by atoms with E-state index in [0.717, 1.165) is 0 Å². The van der Waals surface area contributed by atoms with Crippen molar-refractivity contribution in [3.05, 3.63) is 0 Å².